The van der Waals surface area contributed by atoms with Crippen molar-refractivity contribution in [2.45, 2.75) is 65.7 Å². The monoisotopic (exact) mass is 442 g/mol. The number of carbonyl (C=O) groups is 2. The molecule has 1 atom stereocenters. The maximum atomic E-state index is 12.5. The molecular formula is C21H31ClN2O6. The third kappa shape index (κ3) is 5.35. The summed E-state index contributed by atoms with van der Waals surface area (Å²) in [6, 6.07) is 1.14. The van der Waals surface area contributed by atoms with E-state index in [9.17, 15) is 19.5 Å². The molecule has 1 saturated heterocycles. The van der Waals surface area contributed by atoms with E-state index in [-0.39, 0.29) is 43.2 Å². The zero-order chi connectivity index (χ0) is 22.9. The van der Waals surface area contributed by atoms with Crippen molar-refractivity contribution in [2.24, 2.45) is 5.41 Å². The lowest BCUT2D eigenvalue weighted by Gasteiger charge is -2.50. The second-order valence-corrected chi connectivity index (χ2v) is 9.70. The van der Waals surface area contributed by atoms with Gasteiger partial charge in [0.05, 0.1) is 29.3 Å². The number of halogens is 1. The minimum absolute atomic E-state index is 0.000644. The van der Waals surface area contributed by atoms with Crippen LogP contribution in [0.25, 0.3) is 0 Å². The summed E-state index contributed by atoms with van der Waals surface area (Å²) in [5.74, 6) is -0.637. The Morgan fingerprint density at radius 1 is 1.30 bits per heavy atom. The number of likely N-dealkylation sites (tertiary alicyclic amines) is 1. The Balaban J connectivity index is 2.26. The zero-order valence-electron chi connectivity index (χ0n) is 18.5. The van der Waals surface area contributed by atoms with Crippen molar-refractivity contribution < 1.29 is 24.2 Å². The molecule has 1 aliphatic rings. The first-order valence-electron chi connectivity index (χ1n) is 9.96. The molecule has 1 N–H and O–H groups in total. The Morgan fingerprint density at radius 2 is 1.93 bits per heavy atom. The van der Waals surface area contributed by atoms with Crippen LogP contribution < -0.4 is 5.56 Å². The molecule has 168 valence electrons. The van der Waals surface area contributed by atoms with E-state index in [0.717, 1.165) is 6.07 Å². The summed E-state index contributed by atoms with van der Waals surface area (Å²) in [7, 11) is 0. The summed E-state index contributed by atoms with van der Waals surface area (Å²) in [5, 5.41) is 11.4. The average Bonchev–Trinajstić information content (AvgIpc) is 2.58. The third-order valence-corrected chi connectivity index (χ3v) is 5.61. The minimum Gasteiger partial charge on any atom is -0.462 e. The predicted octanol–water partition coefficient (Wildman–Crippen LogP) is 3.08. The van der Waals surface area contributed by atoms with Crippen molar-refractivity contribution >= 4 is 23.7 Å². The SMILES string of the molecule is CCOC(=O)c1cn(CC2(O)CCN(C(=O)OC(C)(C)C)CC2(C)C)c(=O)cc1Cl. The van der Waals surface area contributed by atoms with Crippen molar-refractivity contribution in [3.63, 3.8) is 0 Å². The fraction of sp³-hybridized carbons (Fsp3) is 0.667. The molecule has 30 heavy (non-hydrogen) atoms. The Kier molecular flexibility index (Phi) is 6.93. The van der Waals surface area contributed by atoms with Crippen molar-refractivity contribution in [3.8, 4) is 0 Å². The molecule has 2 rings (SSSR count). The number of ether oxygens (including phenoxy) is 2. The van der Waals surface area contributed by atoms with Gasteiger partial charge in [-0.25, -0.2) is 9.59 Å². The fourth-order valence-corrected chi connectivity index (χ4v) is 3.67. The lowest BCUT2D eigenvalue weighted by atomic mass is 9.70. The molecule has 2 heterocycles. The van der Waals surface area contributed by atoms with E-state index in [1.165, 1.54) is 10.8 Å². The summed E-state index contributed by atoms with van der Waals surface area (Å²) in [5.41, 5.74) is -3.03. The average molecular weight is 443 g/mol. The van der Waals surface area contributed by atoms with E-state index in [1.807, 2.05) is 13.8 Å². The minimum atomic E-state index is -1.30. The Hall–Kier alpha value is -2.06. The van der Waals surface area contributed by atoms with Crippen molar-refractivity contribution in [2.75, 3.05) is 19.7 Å². The van der Waals surface area contributed by atoms with Gasteiger partial charge in [0.2, 0.25) is 0 Å². The molecule has 1 unspecified atom stereocenters. The van der Waals surface area contributed by atoms with Gasteiger partial charge in [0.1, 0.15) is 5.60 Å². The number of aliphatic hydroxyl groups is 1. The fourth-order valence-electron chi connectivity index (χ4n) is 3.45. The number of carbonyl (C=O) groups excluding carboxylic acids is 2. The first-order chi connectivity index (χ1) is 13.7. The number of piperidine rings is 1. The second kappa shape index (κ2) is 8.59. The Morgan fingerprint density at radius 3 is 2.47 bits per heavy atom. The highest BCUT2D eigenvalue weighted by atomic mass is 35.5. The Bertz CT molecular complexity index is 873. The molecule has 0 saturated carbocycles. The van der Waals surface area contributed by atoms with Crippen LogP contribution in [-0.2, 0) is 16.0 Å². The van der Waals surface area contributed by atoms with Crippen LogP contribution in [0.4, 0.5) is 4.79 Å². The number of hydrogen-bond donors (Lipinski definition) is 1. The molecule has 0 spiro atoms. The largest absolute Gasteiger partial charge is 0.462 e. The van der Waals surface area contributed by atoms with Gasteiger partial charge < -0.3 is 24.0 Å². The standard InChI is InChI=1S/C21H31ClN2O6/c1-7-29-17(26)14-11-24(16(25)10-15(14)22)13-21(28)8-9-23(12-20(21,5)6)18(27)30-19(2,3)4/h10-11,28H,7-9,12-13H2,1-6H3. The molecule has 0 aromatic carbocycles. The van der Waals surface area contributed by atoms with E-state index in [0.29, 0.717) is 0 Å². The molecule has 1 aliphatic heterocycles. The van der Waals surface area contributed by atoms with Crippen LogP contribution in [0, 0.1) is 5.41 Å². The van der Waals surface area contributed by atoms with Crippen LogP contribution in [0.15, 0.2) is 17.1 Å². The summed E-state index contributed by atoms with van der Waals surface area (Å²) in [6.07, 6.45) is 1.12. The van der Waals surface area contributed by atoms with Gasteiger partial charge in [0.15, 0.2) is 0 Å². The van der Waals surface area contributed by atoms with Crippen molar-refractivity contribution in [1.82, 2.24) is 9.47 Å². The second-order valence-electron chi connectivity index (χ2n) is 9.29. The number of esters is 1. The van der Waals surface area contributed by atoms with Crippen LogP contribution >= 0.6 is 11.6 Å². The highest BCUT2D eigenvalue weighted by Crippen LogP contribution is 2.40. The topological polar surface area (TPSA) is 98.1 Å². The number of rotatable bonds is 4. The lowest BCUT2D eigenvalue weighted by Crippen LogP contribution is -2.61. The number of hydrogen-bond acceptors (Lipinski definition) is 6. The van der Waals surface area contributed by atoms with Crippen LogP contribution in [0.3, 0.4) is 0 Å². The summed E-state index contributed by atoms with van der Waals surface area (Å²) in [6.45, 7) is 11.4. The van der Waals surface area contributed by atoms with Gasteiger partial charge in [0, 0.05) is 30.8 Å². The molecule has 0 bridgehead atoms. The molecule has 1 amide bonds. The van der Waals surface area contributed by atoms with Gasteiger partial charge in [-0.2, -0.15) is 0 Å². The molecule has 1 aromatic heterocycles. The molecule has 9 heteroatoms. The normalized spacial score (nSPS) is 21.3. The van der Waals surface area contributed by atoms with Gasteiger partial charge in [-0.05, 0) is 34.1 Å². The Labute approximate surface area is 181 Å². The van der Waals surface area contributed by atoms with E-state index in [2.05, 4.69) is 0 Å². The van der Waals surface area contributed by atoms with E-state index in [4.69, 9.17) is 21.1 Å². The molecule has 0 radical (unpaired) electrons. The summed E-state index contributed by atoms with van der Waals surface area (Å²) < 4.78 is 11.7. The lowest BCUT2D eigenvalue weighted by molar-refractivity contribution is -0.126. The number of amides is 1. The highest BCUT2D eigenvalue weighted by Gasteiger charge is 2.49. The van der Waals surface area contributed by atoms with Gasteiger partial charge in [-0.15, -0.1) is 0 Å². The van der Waals surface area contributed by atoms with Crippen LogP contribution in [-0.4, -0.2) is 57.5 Å². The first kappa shape index (κ1) is 24.2. The summed E-state index contributed by atoms with van der Waals surface area (Å²) >= 11 is 6.04. The van der Waals surface area contributed by atoms with Gasteiger partial charge in [-0.3, -0.25) is 4.79 Å². The maximum Gasteiger partial charge on any atom is 0.410 e. The van der Waals surface area contributed by atoms with Crippen molar-refractivity contribution in [3.05, 3.63) is 33.2 Å². The smallest absolute Gasteiger partial charge is 0.410 e. The maximum absolute atomic E-state index is 12.5. The predicted molar refractivity (Wildman–Crippen MR) is 113 cm³/mol. The van der Waals surface area contributed by atoms with Crippen LogP contribution in [0.2, 0.25) is 5.02 Å². The first-order valence-corrected chi connectivity index (χ1v) is 10.3. The molecule has 8 nitrogen and oxygen atoms in total. The number of pyridine rings is 1. The third-order valence-electron chi connectivity index (χ3n) is 5.30. The highest BCUT2D eigenvalue weighted by molar-refractivity contribution is 6.33. The number of nitrogens with zero attached hydrogens (tertiary/aromatic N) is 2. The van der Waals surface area contributed by atoms with E-state index in [1.54, 1.807) is 32.6 Å². The van der Waals surface area contributed by atoms with Gasteiger partial charge in [0.25, 0.3) is 5.56 Å². The van der Waals surface area contributed by atoms with Gasteiger partial charge >= 0.3 is 12.1 Å². The van der Waals surface area contributed by atoms with Crippen molar-refractivity contribution in [1.29, 1.82) is 0 Å². The number of aromatic nitrogens is 1. The summed E-state index contributed by atoms with van der Waals surface area (Å²) in [4.78, 5) is 38.6. The molecular weight excluding hydrogens is 412 g/mol. The van der Waals surface area contributed by atoms with Crippen LogP contribution in [0.1, 0.15) is 58.3 Å². The molecule has 1 aromatic rings. The van der Waals surface area contributed by atoms with E-state index < -0.39 is 34.2 Å². The quantitative estimate of drug-likeness (QED) is 0.719. The molecule has 0 aliphatic carbocycles. The van der Waals surface area contributed by atoms with Gasteiger partial charge in [-0.1, -0.05) is 25.4 Å². The molecule has 1 fully saturated rings. The van der Waals surface area contributed by atoms with E-state index >= 15 is 0 Å². The zero-order valence-corrected chi connectivity index (χ0v) is 19.2. The van der Waals surface area contributed by atoms with Crippen LogP contribution in [0.5, 0.6) is 0 Å².